The van der Waals surface area contributed by atoms with Crippen LogP contribution in [0.3, 0.4) is 0 Å². The van der Waals surface area contributed by atoms with Crippen molar-refractivity contribution in [2.75, 3.05) is 21.2 Å². The molecule has 2 aliphatic rings. The Kier molecular flexibility index (Phi) is 4.08. The van der Waals surface area contributed by atoms with Crippen LogP contribution in [0.1, 0.15) is 33.1 Å². The predicted molar refractivity (Wildman–Crippen MR) is 81.5 cm³/mol. The fraction of sp³-hybridized carbons (Fsp3) is 0.529. The summed E-state index contributed by atoms with van der Waals surface area (Å²) < 4.78 is 4.87. The number of ketones is 1. The smallest absolute Gasteiger partial charge is 0.334 e. The minimum absolute atomic E-state index is 0.0434. The second kappa shape index (κ2) is 5.51. The Labute approximate surface area is 126 Å². The summed E-state index contributed by atoms with van der Waals surface area (Å²) in [5.41, 5.74) is 2.96. The molecule has 2 aliphatic carbocycles. The van der Waals surface area contributed by atoms with Gasteiger partial charge in [-0.05, 0) is 25.3 Å². The molecule has 0 saturated carbocycles. The zero-order valence-corrected chi connectivity index (χ0v) is 13.4. The fourth-order valence-electron chi connectivity index (χ4n) is 3.07. The van der Waals surface area contributed by atoms with Gasteiger partial charge >= 0.3 is 5.97 Å². The van der Waals surface area contributed by atoms with Gasteiger partial charge in [0, 0.05) is 42.4 Å². The van der Waals surface area contributed by atoms with E-state index in [2.05, 4.69) is 0 Å². The lowest BCUT2D eigenvalue weighted by Crippen LogP contribution is -2.30. The molecule has 0 atom stereocenters. The van der Waals surface area contributed by atoms with Gasteiger partial charge < -0.3 is 9.64 Å². The summed E-state index contributed by atoms with van der Waals surface area (Å²) in [7, 11) is 5.19. The van der Waals surface area contributed by atoms with Crippen molar-refractivity contribution in [3.05, 3.63) is 34.6 Å². The van der Waals surface area contributed by atoms with Crippen LogP contribution in [0, 0.1) is 5.41 Å². The average Bonchev–Trinajstić information content (AvgIpc) is 2.39. The van der Waals surface area contributed by atoms with Gasteiger partial charge in [0.25, 0.3) is 0 Å². The number of Topliss-reactive ketones (excluding diaryl/α,β-unsaturated/α-hetero) is 1. The minimum atomic E-state index is -0.344. The molecule has 21 heavy (non-hydrogen) atoms. The number of nitrogens with zero attached hydrogens (tertiary/aromatic N) is 1. The van der Waals surface area contributed by atoms with Crippen LogP contribution in [-0.4, -0.2) is 37.9 Å². The number of esters is 1. The topological polar surface area (TPSA) is 46.6 Å². The lowest BCUT2D eigenvalue weighted by molar-refractivity contribution is -0.137. The maximum Gasteiger partial charge on any atom is 0.334 e. The monoisotopic (exact) mass is 289 g/mol. The lowest BCUT2D eigenvalue weighted by Gasteiger charge is -2.35. The number of allylic oxidation sites excluding steroid dienone is 4. The van der Waals surface area contributed by atoms with Crippen LogP contribution in [0.5, 0.6) is 0 Å². The zero-order valence-electron chi connectivity index (χ0n) is 13.4. The molecule has 0 bridgehead atoms. The highest BCUT2D eigenvalue weighted by Gasteiger charge is 2.38. The molecular weight excluding hydrogens is 266 g/mol. The second-order valence-corrected chi connectivity index (χ2v) is 6.57. The van der Waals surface area contributed by atoms with Crippen LogP contribution in [-0.2, 0) is 14.3 Å². The number of hydrogen-bond donors (Lipinski definition) is 0. The Bertz CT molecular complexity index is 577. The molecule has 0 aromatic carbocycles. The van der Waals surface area contributed by atoms with Gasteiger partial charge in [0.1, 0.15) is 0 Å². The van der Waals surface area contributed by atoms with Crippen LogP contribution in [0.25, 0.3) is 0 Å². The number of carbonyl (C=O) groups is 2. The molecule has 2 rings (SSSR count). The van der Waals surface area contributed by atoms with Gasteiger partial charge in [-0.25, -0.2) is 4.79 Å². The Hall–Kier alpha value is -1.84. The van der Waals surface area contributed by atoms with Crippen LogP contribution in [0.2, 0.25) is 0 Å². The van der Waals surface area contributed by atoms with E-state index < -0.39 is 0 Å². The zero-order chi connectivity index (χ0) is 15.8. The Morgan fingerprint density at radius 1 is 1.33 bits per heavy atom. The Morgan fingerprint density at radius 3 is 2.57 bits per heavy atom. The van der Waals surface area contributed by atoms with Crippen molar-refractivity contribution in [3.8, 4) is 0 Å². The summed E-state index contributed by atoms with van der Waals surface area (Å²) in [5, 5.41) is 0. The molecule has 0 aromatic rings. The number of rotatable bonds is 2. The molecule has 4 heteroatoms. The summed E-state index contributed by atoms with van der Waals surface area (Å²) in [4.78, 5) is 26.5. The summed E-state index contributed by atoms with van der Waals surface area (Å²) in [6.07, 6.45) is 6.01. The van der Waals surface area contributed by atoms with E-state index in [4.69, 9.17) is 4.74 Å². The van der Waals surface area contributed by atoms with Crippen LogP contribution >= 0.6 is 0 Å². The summed E-state index contributed by atoms with van der Waals surface area (Å²) in [6.45, 7) is 4.05. The predicted octanol–water partition coefficient (Wildman–Crippen LogP) is 2.62. The molecule has 0 heterocycles. The Balaban J connectivity index is 2.45. The van der Waals surface area contributed by atoms with Gasteiger partial charge in [-0.2, -0.15) is 0 Å². The largest absolute Gasteiger partial charge is 0.466 e. The summed E-state index contributed by atoms with van der Waals surface area (Å²) >= 11 is 0. The molecule has 0 aliphatic heterocycles. The Morgan fingerprint density at radius 2 is 2.00 bits per heavy atom. The van der Waals surface area contributed by atoms with Gasteiger partial charge in [0.05, 0.1) is 7.11 Å². The van der Waals surface area contributed by atoms with E-state index in [9.17, 15) is 9.59 Å². The van der Waals surface area contributed by atoms with E-state index in [1.807, 2.05) is 39.0 Å². The van der Waals surface area contributed by atoms with Crippen molar-refractivity contribution in [2.24, 2.45) is 5.41 Å². The van der Waals surface area contributed by atoms with Gasteiger partial charge in [-0.3, -0.25) is 4.79 Å². The first kappa shape index (κ1) is 15.5. The highest BCUT2D eigenvalue weighted by atomic mass is 16.5. The van der Waals surface area contributed by atoms with Crippen LogP contribution < -0.4 is 0 Å². The van der Waals surface area contributed by atoms with Crippen molar-refractivity contribution >= 4 is 11.8 Å². The molecule has 0 fully saturated rings. The SMILES string of the molecule is COC(=O)C1=CC2=C(CCC(=CN(C)C)C2=O)CC1(C)C. The highest BCUT2D eigenvalue weighted by molar-refractivity contribution is 6.13. The van der Waals surface area contributed by atoms with Gasteiger partial charge in [-0.15, -0.1) is 0 Å². The molecule has 0 amide bonds. The standard InChI is InChI=1S/C17H23NO3/c1-17(2)9-11-6-7-12(10-18(3)4)15(19)13(11)8-14(17)16(20)21-5/h8,10H,6-7,9H2,1-5H3. The second-order valence-electron chi connectivity index (χ2n) is 6.57. The molecule has 0 spiro atoms. The number of hydrogen-bond acceptors (Lipinski definition) is 4. The average molecular weight is 289 g/mol. The molecule has 0 N–H and O–H groups in total. The molecule has 114 valence electrons. The van der Waals surface area contributed by atoms with E-state index in [0.717, 1.165) is 30.4 Å². The maximum atomic E-state index is 12.6. The molecular formula is C17H23NO3. The minimum Gasteiger partial charge on any atom is -0.466 e. The van der Waals surface area contributed by atoms with Crippen LogP contribution in [0.4, 0.5) is 0 Å². The number of carbonyl (C=O) groups excluding carboxylic acids is 2. The van der Waals surface area contributed by atoms with Crippen LogP contribution in [0.15, 0.2) is 34.6 Å². The fourth-order valence-corrected chi connectivity index (χ4v) is 3.07. The van der Waals surface area contributed by atoms with Crippen molar-refractivity contribution < 1.29 is 14.3 Å². The molecule has 0 radical (unpaired) electrons. The molecule has 0 unspecified atom stereocenters. The third-order valence-corrected chi connectivity index (χ3v) is 4.11. The van der Waals surface area contributed by atoms with E-state index in [1.165, 1.54) is 7.11 Å². The number of methoxy groups -OCH3 is 1. The first-order chi connectivity index (χ1) is 9.76. The normalized spacial score (nSPS) is 22.8. The number of ether oxygens (including phenoxy) is 1. The molecule has 0 aromatic heterocycles. The first-order valence-corrected chi connectivity index (χ1v) is 7.20. The van der Waals surface area contributed by atoms with E-state index >= 15 is 0 Å². The van der Waals surface area contributed by atoms with Gasteiger partial charge in [0.2, 0.25) is 0 Å². The van der Waals surface area contributed by atoms with Gasteiger partial charge in [0.15, 0.2) is 5.78 Å². The molecule has 4 nitrogen and oxygen atoms in total. The summed E-state index contributed by atoms with van der Waals surface area (Å²) in [5.74, 6) is -0.301. The highest BCUT2D eigenvalue weighted by Crippen LogP contribution is 2.44. The summed E-state index contributed by atoms with van der Waals surface area (Å²) in [6, 6.07) is 0. The quantitative estimate of drug-likeness (QED) is 0.579. The van der Waals surface area contributed by atoms with Gasteiger partial charge in [-0.1, -0.05) is 19.4 Å². The third-order valence-electron chi connectivity index (χ3n) is 4.11. The van der Waals surface area contributed by atoms with E-state index in [1.54, 1.807) is 6.08 Å². The third kappa shape index (κ3) is 2.94. The van der Waals surface area contributed by atoms with Crippen molar-refractivity contribution in [1.29, 1.82) is 0 Å². The molecule has 0 saturated heterocycles. The van der Waals surface area contributed by atoms with Crippen molar-refractivity contribution in [1.82, 2.24) is 4.90 Å². The van der Waals surface area contributed by atoms with Crippen molar-refractivity contribution in [2.45, 2.75) is 33.1 Å². The lowest BCUT2D eigenvalue weighted by atomic mass is 9.69. The van der Waals surface area contributed by atoms with E-state index in [0.29, 0.717) is 11.1 Å². The van der Waals surface area contributed by atoms with E-state index in [-0.39, 0.29) is 17.2 Å². The maximum absolute atomic E-state index is 12.6. The first-order valence-electron chi connectivity index (χ1n) is 7.20. The van der Waals surface area contributed by atoms with Crippen molar-refractivity contribution in [3.63, 3.8) is 0 Å².